The molecule has 1 amide bonds. The van der Waals surface area contributed by atoms with Gasteiger partial charge < -0.3 is 5.73 Å². The van der Waals surface area contributed by atoms with Crippen LogP contribution in [-0.2, 0) is 4.79 Å². The Labute approximate surface area is 92.8 Å². The SMILES string of the molecule is C=C(C(N)=O)c1ccc2cnc(C)nc2c1. The Hall–Kier alpha value is -2.23. The fraction of sp³-hybridized carbons (Fsp3) is 0.0833. The fourth-order valence-corrected chi connectivity index (χ4v) is 1.45. The Morgan fingerprint density at radius 1 is 1.44 bits per heavy atom. The van der Waals surface area contributed by atoms with Crippen LogP contribution < -0.4 is 5.73 Å². The second kappa shape index (κ2) is 3.73. The zero-order valence-electron chi connectivity index (χ0n) is 8.90. The molecule has 2 rings (SSSR count). The molecule has 4 heteroatoms. The van der Waals surface area contributed by atoms with E-state index in [4.69, 9.17) is 5.73 Å². The summed E-state index contributed by atoms with van der Waals surface area (Å²) in [4.78, 5) is 19.4. The van der Waals surface area contributed by atoms with Gasteiger partial charge in [0.25, 0.3) is 0 Å². The average molecular weight is 213 g/mol. The number of carbonyl (C=O) groups excluding carboxylic acids is 1. The number of nitrogens with zero attached hydrogens (tertiary/aromatic N) is 2. The van der Waals surface area contributed by atoms with Gasteiger partial charge in [-0.2, -0.15) is 0 Å². The molecule has 0 aliphatic carbocycles. The van der Waals surface area contributed by atoms with E-state index >= 15 is 0 Å². The van der Waals surface area contributed by atoms with Crippen LogP contribution in [0.1, 0.15) is 11.4 Å². The standard InChI is InChI=1S/C12H11N3O/c1-7(12(13)16)9-3-4-10-6-14-8(2)15-11(10)5-9/h3-6H,1H2,2H3,(H2,13,16). The van der Waals surface area contributed by atoms with Gasteiger partial charge in [-0.1, -0.05) is 18.7 Å². The van der Waals surface area contributed by atoms with E-state index in [0.717, 1.165) is 10.9 Å². The summed E-state index contributed by atoms with van der Waals surface area (Å²) in [5.41, 5.74) is 6.94. The monoisotopic (exact) mass is 213 g/mol. The Bertz CT molecular complexity index is 590. The van der Waals surface area contributed by atoms with Crippen molar-refractivity contribution in [1.29, 1.82) is 0 Å². The Morgan fingerprint density at radius 2 is 2.19 bits per heavy atom. The number of hydrogen-bond acceptors (Lipinski definition) is 3. The normalized spacial score (nSPS) is 10.3. The van der Waals surface area contributed by atoms with Crippen LogP contribution in [0, 0.1) is 6.92 Å². The van der Waals surface area contributed by atoms with Gasteiger partial charge in [-0.15, -0.1) is 0 Å². The first-order valence-corrected chi connectivity index (χ1v) is 4.80. The summed E-state index contributed by atoms with van der Waals surface area (Å²) in [6.07, 6.45) is 1.74. The van der Waals surface area contributed by atoms with Crippen molar-refractivity contribution in [1.82, 2.24) is 9.97 Å². The molecule has 16 heavy (non-hydrogen) atoms. The lowest BCUT2D eigenvalue weighted by Crippen LogP contribution is -2.11. The smallest absolute Gasteiger partial charge is 0.248 e. The summed E-state index contributed by atoms with van der Waals surface area (Å²) in [5.74, 6) is 0.166. The lowest BCUT2D eigenvalue weighted by molar-refractivity contribution is -0.112. The predicted octanol–water partition coefficient (Wildman–Crippen LogP) is 1.44. The Balaban J connectivity index is 2.59. The van der Waals surface area contributed by atoms with E-state index in [1.165, 1.54) is 0 Å². The molecular formula is C12H11N3O. The van der Waals surface area contributed by atoms with Crippen molar-refractivity contribution in [2.75, 3.05) is 0 Å². The Kier molecular flexibility index (Phi) is 2.40. The molecule has 2 aromatic rings. The first kappa shape index (κ1) is 10.3. The summed E-state index contributed by atoms with van der Waals surface area (Å²) < 4.78 is 0. The number of amides is 1. The molecule has 2 N–H and O–H groups in total. The lowest BCUT2D eigenvalue weighted by atomic mass is 10.1. The number of aryl methyl sites for hydroxylation is 1. The van der Waals surface area contributed by atoms with E-state index in [2.05, 4.69) is 16.5 Å². The van der Waals surface area contributed by atoms with E-state index in [0.29, 0.717) is 11.4 Å². The van der Waals surface area contributed by atoms with Crippen LogP contribution in [0.5, 0.6) is 0 Å². The third kappa shape index (κ3) is 1.77. The van der Waals surface area contributed by atoms with Gasteiger partial charge in [0.2, 0.25) is 5.91 Å². The molecule has 0 fully saturated rings. The van der Waals surface area contributed by atoms with Gasteiger partial charge in [0.15, 0.2) is 0 Å². The quantitative estimate of drug-likeness (QED) is 0.767. The Morgan fingerprint density at radius 3 is 2.88 bits per heavy atom. The maximum atomic E-state index is 11.0. The second-order valence-corrected chi connectivity index (χ2v) is 3.53. The molecule has 0 radical (unpaired) electrons. The molecule has 1 heterocycles. The first-order chi connectivity index (χ1) is 7.58. The topological polar surface area (TPSA) is 68.9 Å². The molecule has 4 nitrogen and oxygen atoms in total. The van der Waals surface area contributed by atoms with Crippen LogP contribution in [-0.4, -0.2) is 15.9 Å². The van der Waals surface area contributed by atoms with Gasteiger partial charge in [0.1, 0.15) is 5.82 Å². The van der Waals surface area contributed by atoms with E-state index < -0.39 is 5.91 Å². The van der Waals surface area contributed by atoms with Crippen LogP contribution in [0.3, 0.4) is 0 Å². The molecule has 0 saturated carbocycles. The number of benzene rings is 1. The zero-order valence-corrected chi connectivity index (χ0v) is 8.90. The molecule has 1 aromatic carbocycles. The molecule has 80 valence electrons. The zero-order chi connectivity index (χ0) is 11.7. The molecule has 0 bridgehead atoms. The third-order valence-corrected chi connectivity index (χ3v) is 2.35. The molecule has 0 aliphatic rings. The largest absolute Gasteiger partial charge is 0.366 e. The summed E-state index contributed by atoms with van der Waals surface area (Å²) in [5, 5.41) is 0.923. The van der Waals surface area contributed by atoms with E-state index in [1.807, 2.05) is 13.0 Å². The van der Waals surface area contributed by atoms with Gasteiger partial charge in [-0.3, -0.25) is 4.79 Å². The van der Waals surface area contributed by atoms with Gasteiger partial charge >= 0.3 is 0 Å². The van der Waals surface area contributed by atoms with Gasteiger partial charge in [0.05, 0.1) is 5.52 Å². The number of rotatable bonds is 2. The van der Waals surface area contributed by atoms with Crippen molar-refractivity contribution in [2.24, 2.45) is 5.73 Å². The molecule has 1 aromatic heterocycles. The van der Waals surface area contributed by atoms with Crippen LogP contribution in [0.25, 0.3) is 16.5 Å². The van der Waals surface area contributed by atoms with Gasteiger partial charge in [-0.25, -0.2) is 9.97 Å². The summed E-state index contributed by atoms with van der Waals surface area (Å²) in [6.45, 7) is 5.45. The van der Waals surface area contributed by atoms with Crippen molar-refractivity contribution in [2.45, 2.75) is 6.92 Å². The number of nitrogens with two attached hydrogens (primary N) is 1. The van der Waals surface area contributed by atoms with Gasteiger partial charge in [-0.05, 0) is 18.6 Å². The minimum absolute atomic E-state index is 0.290. The van der Waals surface area contributed by atoms with Crippen molar-refractivity contribution in [3.05, 3.63) is 42.4 Å². The molecule has 0 atom stereocenters. The van der Waals surface area contributed by atoms with E-state index in [-0.39, 0.29) is 5.57 Å². The third-order valence-electron chi connectivity index (χ3n) is 2.35. The highest BCUT2D eigenvalue weighted by atomic mass is 16.1. The maximum absolute atomic E-state index is 11.0. The molecule has 0 aliphatic heterocycles. The fourth-order valence-electron chi connectivity index (χ4n) is 1.45. The first-order valence-electron chi connectivity index (χ1n) is 4.80. The molecule has 0 spiro atoms. The number of aromatic nitrogens is 2. The minimum Gasteiger partial charge on any atom is -0.366 e. The van der Waals surface area contributed by atoms with Crippen molar-refractivity contribution < 1.29 is 4.79 Å². The number of carbonyl (C=O) groups is 1. The predicted molar refractivity (Wildman–Crippen MR) is 62.5 cm³/mol. The van der Waals surface area contributed by atoms with Gasteiger partial charge in [0, 0.05) is 17.2 Å². The van der Waals surface area contributed by atoms with Crippen LogP contribution in [0.2, 0.25) is 0 Å². The number of fused-ring (bicyclic) bond motifs is 1. The molecule has 0 unspecified atom stereocenters. The second-order valence-electron chi connectivity index (χ2n) is 3.53. The minimum atomic E-state index is -0.523. The highest BCUT2D eigenvalue weighted by Crippen LogP contribution is 2.18. The van der Waals surface area contributed by atoms with Crippen molar-refractivity contribution >= 4 is 22.4 Å². The number of hydrogen-bond donors (Lipinski definition) is 1. The molecular weight excluding hydrogens is 202 g/mol. The number of primary amides is 1. The average Bonchev–Trinajstić information content (AvgIpc) is 2.26. The van der Waals surface area contributed by atoms with E-state index in [9.17, 15) is 4.79 Å². The summed E-state index contributed by atoms with van der Waals surface area (Å²) in [7, 11) is 0. The van der Waals surface area contributed by atoms with Crippen LogP contribution >= 0.6 is 0 Å². The highest BCUT2D eigenvalue weighted by Gasteiger charge is 2.06. The van der Waals surface area contributed by atoms with Crippen LogP contribution in [0.15, 0.2) is 31.0 Å². The van der Waals surface area contributed by atoms with E-state index in [1.54, 1.807) is 18.3 Å². The molecule has 0 saturated heterocycles. The van der Waals surface area contributed by atoms with Crippen molar-refractivity contribution in [3.63, 3.8) is 0 Å². The summed E-state index contributed by atoms with van der Waals surface area (Å²) >= 11 is 0. The van der Waals surface area contributed by atoms with Crippen LogP contribution in [0.4, 0.5) is 0 Å². The van der Waals surface area contributed by atoms with Crippen molar-refractivity contribution in [3.8, 4) is 0 Å². The maximum Gasteiger partial charge on any atom is 0.248 e. The lowest BCUT2D eigenvalue weighted by Gasteiger charge is -2.03. The highest BCUT2D eigenvalue weighted by molar-refractivity contribution is 6.18. The summed E-state index contributed by atoms with van der Waals surface area (Å²) in [6, 6.07) is 5.42.